The highest BCUT2D eigenvalue weighted by Crippen LogP contribution is 2.45. The molecule has 0 amide bonds. The van der Waals surface area contributed by atoms with E-state index in [0.717, 1.165) is 11.3 Å². The number of carbonyl (C=O) groups excluding carboxylic acids is 2. The van der Waals surface area contributed by atoms with Crippen molar-refractivity contribution in [1.82, 2.24) is 9.55 Å². The smallest absolute Gasteiger partial charge is 0.306 e. The number of aromatic nitrogens is 2. The zero-order chi connectivity index (χ0) is 23.7. The Balaban J connectivity index is 1.88. The molecule has 0 radical (unpaired) electrons. The first-order valence-electron chi connectivity index (χ1n) is 9.98. The maximum absolute atomic E-state index is 13.7. The molecule has 2 aromatic carbocycles. The number of ketones is 1. The fraction of sp³-hybridized carbons (Fsp3) is 0.174. The molecule has 33 heavy (non-hydrogen) atoms. The van der Waals surface area contributed by atoms with Crippen molar-refractivity contribution in [3.8, 4) is 28.0 Å². The fourth-order valence-corrected chi connectivity index (χ4v) is 4.56. The number of esters is 1. The van der Waals surface area contributed by atoms with E-state index >= 15 is 0 Å². The fourth-order valence-electron chi connectivity index (χ4n) is 3.43. The molecule has 0 aliphatic rings. The van der Waals surface area contributed by atoms with Gasteiger partial charge in [-0.1, -0.05) is 35.1 Å². The second-order valence-corrected chi connectivity index (χ2v) is 8.52. The average Bonchev–Trinajstić information content (AvgIpc) is 3.31. The van der Waals surface area contributed by atoms with Crippen LogP contribution >= 0.6 is 22.9 Å². The number of ether oxygens (including phenoxy) is 1. The molecule has 4 rings (SSSR count). The summed E-state index contributed by atoms with van der Waals surface area (Å²) in [5.41, 5.74) is 0.973. The van der Waals surface area contributed by atoms with E-state index in [0.29, 0.717) is 20.8 Å². The van der Waals surface area contributed by atoms with Crippen molar-refractivity contribution < 1.29 is 28.9 Å². The minimum Gasteiger partial charge on any atom is -0.503 e. The molecule has 170 valence electrons. The number of aromatic hydroxyl groups is 2. The zero-order valence-electron chi connectivity index (χ0n) is 17.3. The van der Waals surface area contributed by atoms with Gasteiger partial charge in [0.15, 0.2) is 16.7 Å². The number of Topliss-reactive ketones (excluding diaryl/α,β-unsaturated/α-hetero) is 1. The molecule has 7 nitrogen and oxygen atoms in total. The van der Waals surface area contributed by atoms with Crippen LogP contribution in [0.1, 0.15) is 30.1 Å². The Kier molecular flexibility index (Phi) is 6.35. The number of hydrogen-bond acceptors (Lipinski definition) is 7. The number of fused-ring (bicyclic) bond motifs is 1. The molecule has 0 saturated carbocycles. The second kappa shape index (κ2) is 9.21. The highest BCUT2D eigenvalue weighted by Gasteiger charge is 2.30. The summed E-state index contributed by atoms with van der Waals surface area (Å²) in [6.07, 6.45) is -0.417. The van der Waals surface area contributed by atoms with E-state index in [-0.39, 0.29) is 35.8 Å². The highest BCUT2D eigenvalue weighted by atomic mass is 35.5. The van der Waals surface area contributed by atoms with Gasteiger partial charge >= 0.3 is 5.97 Å². The maximum Gasteiger partial charge on any atom is 0.306 e. The van der Waals surface area contributed by atoms with Gasteiger partial charge in [-0.05, 0) is 42.8 Å². The Morgan fingerprint density at radius 3 is 2.58 bits per heavy atom. The van der Waals surface area contributed by atoms with E-state index in [4.69, 9.17) is 16.3 Å². The molecule has 0 bridgehead atoms. The van der Waals surface area contributed by atoms with Crippen molar-refractivity contribution in [2.45, 2.75) is 19.8 Å². The quantitative estimate of drug-likeness (QED) is 0.264. The minimum absolute atomic E-state index is 0.162. The number of nitrogens with zero attached hydrogens (tertiary/aromatic N) is 2. The van der Waals surface area contributed by atoms with E-state index < -0.39 is 29.2 Å². The van der Waals surface area contributed by atoms with Crippen LogP contribution in [0.15, 0.2) is 42.5 Å². The monoisotopic (exact) mass is 488 g/mol. The number of carbonyl (C=O) groups is 2. The lowest BCUT2D eigenvalue weighted by atomic mass is 10.0. The van der Waals surface area contributed by atoms with Gasteiger partial charge in [-0.2, -0.15) is 0 Å². The summed E-state index contributed by atoms with van der Waals surface area (Å²) in [6.45, 7) is 1.84. The zero-order valence-corrected chi connectivity index (χ0v) is 18.9. The summed E-state index contributed by atoms with van der Waals surface area (Å²) in [5, 5.41) is 22.2. The SMILES string of the molecule is CCOC(=O)CCC(=O)c1c(O)c(O)n(-c2nc3ccc(F)cc3s2)c1-c1ccc(Cl)cc1. The molecule has 0 atom stereocenters. The number of hydrogen-bond donors (Lipinski definition) is 2. The molecule has 0 unspecified atom stereocenters. The van der Waals surface area contributed by atoms with Crippen LogP contribution in [0.3, 0.4) is 0 Å². The van der Waals surface area contributed by atoms with Crippen LogP contribution in [0.5, 0.6) is 11.6 Å². The number of thiazole rings is 1. The Morgan fingerprint density at radius 1 is 1.15 bits per heavy atom. The molecular formula is C23H18ClFN2O5S. The molecular weight excluding hydrogens is 471 g/mol. The summed E-state index contributed by atoms with van der Waals surface area (Å²) in [6, 6.07) is 10.5. The third-order valence-corrected chi connectivity index (χ3v) is 6.16. The molecule has 2 heterocycles. The molecule has 2 N–H and O–H groups in total. The lowest BCUT2D eigenvalue weighted by Gasteiger charge is -2.09. The summed E-state index contributed by atoms with van der Waals surface area (Å²) in [7, 11) is 0. The van der Waals surface area contributed by atoms with Crippen LogP contribution in [-0.2, 0) is 9.53 Å². The van der Waals surface area contributed by atoms with Crippen LogP contribution in [0.2, 0.25) is 5.02 Å². The third kappa shape index (κ3) is 4.42. The van der Waals surface area contributed by atoms with Gasteiger partial charge in [-0.3, -0.25) is 14.2 Å². The van der Waals surface area contributed by atoms with E-state index in [1.165, 1.54) is 22.8 Å². The summed E-state index contributed by atoms with van der Waals surface area (Å²) < 4.78 is 20.3. The van der Waals surface area contributed by atoms with E-state index in [9.17, 15) is 24.2 Å². The summed E-state index contributed by atoms with van der Waals surface area (Å²) in [5.74, 6) is -2.79. The van der Waals surface area contributed by atoms with Gasteiger partial charge in [0.1, 0.15) is 5.82 Å². The Labute approximate surface area is 196 Å². The molecule has 2 aromatic heterocycles. The molecule has 0 aliphatic heterocycles. The normalized spacial score (nSPS) is 11.1. The van der Waals surface area contributed by atoms with Gasteiger partial charge in [0, 0.05) is 11.4 Å². The molecule has 0 aliphatic carbocycles. The van der Waals surface area contributed by atoms with Gasteiger partial charge in [0.25, 0.3) is 0 Å². The van der Waals surface area contributed by atoms with Gasteiger partial charge in [0.05, 0.1) is 34.5 Å². The Hall–Kier alpha value is -3.43. The lowest BCUT2D eigenvalue weighted by Crippen LogP contribution is -2.09. The van der Waals surface area contributed by atoms with Crippen molar-refractivity contribution in [3.63, 3.8) is 0 Å². The van der Waals surface area contributed by atoms with Crippen LogP contribution in [0.25, 0.3) is 26.6 Å². The molecule has 0 spiro atoms. The molecule has 0 fully saturated rings. The van der Waals surface area contributed by atoms with Crippen molar-refractivity contribution >= 4 is 44.9 Å². The van der Waals surface area contributed by atoms with E-state index in [1.807, 2.05) is 0 Å². The van der Waals surface area contributed by atoms with Gasteiger partial charge in [-0.15, -0.1) is 0 Å². The predicted molar refractivity (Wildman–Crippen MR) is 123 cm³/mol. The first-order chi connectivity index (χ1) is 15.8. The lowest BCUT2D eigenvalue weighted by molar-refractivity contribution is -0.143. The van der Waals surface area contributed by atoms with Gasteiger partial charge in [-0.25, -0.2) is 9.37 Å². The Morgan fingerprint density at radius 2 is 1.88 bits per heavy atom. The number of rotatable bonds is 7. The maximum atomic E-state index is 13.7. The van der Waals surface area contributed by atoms with E-state index in [2.05, 4.69) is 4.98 Å². The molecule has 0 saturated heterocycles. The Bertz CT molecular complexity index is 1360. The van der Waals surface area contributed by atoms with Crippen molar-refractivity contribution in [1.29, 1.82) is 0 Å². The minimum atomic E-state index is -0.640. The third-order valence-electron chi connectivity index (χ3n) is 4.91. The first kappa shape index (κ1) is 22.8. The molecule has 10 heteroatoms. The summed E-state index contributed by atoms with van der Waals surface area (Å²) in [4.78, 5) is 29.2. The van der Waals surface area contributed by atoms with Crippen molar-refractivity contribution in [2.75, 3.05) is 6.61 Å². The summed E-state index contributed by atoms with van der Waals surface area (Å²) >= 11 is 7.09. The molecule has 4 aromatic rings. The highest BCUT2D eigenvalue weighted by molar-refractivity contribution is 7.20. The van der Waals surface area contributed by atoms with E-state index in [1.54, 1.807) is 31.2 Å². The topological polar surface area (TPSA) is 102 Å². The van der Waals surface area contributed by atoms with Crippen LogP contribution in [-0.4, -0.2) is 38.1 Å². The van der Waals surface area contributed by atoms with Crippen molar-refractivity contribution in [2.24, 2.45) is 0 Å². The first-order valence-corrected chi connectivity index (χ1v) is 11.2. The van der Waals surface area contributed by atoms with Crippen LogP contribution in [0.4, 0.5) is 4.39 Å². The van der Waals surface area contributed by atoms with Crippen LogP contribution in [0, 0.1) is 5.82 Å². The van der Waals surface area contributed by atoms with Gasteiger partial charge < -0.3 is 14.9 Å². The second-order valence-electron chi connectivity index (χ2n) is 7.07. The largest absolute Gasteiger partial charge is 0.503 e. The number of benzene rings is 2. The van der Waals surface area contributed by atoms with Crippen LogP contribution < -0.4 is 0 Å². The average molecular weight is 489 g/mol. The van der Waals surface area contributed by atoms with Gasteiger partial charge in [0.2, 0.25) is 5.88 Å². The predicted octanol–water partition coefficient (Wildman–Crippen LogP) is 5.48. The number of halogens is 2. The standard InChI is InChI=1S/C23H18ClFN2O5S/c1-2-32-18(29)10-9-16(28)19-20(12-3-5-13(24)6-4-12)27(22(31)21(19)30)23-26-15-8-7-14(25)11-17(15)33-23/h3-8,11,30-31H,2,9-10H2,1H3. The van der Waals surface area contributed by atoms with Crippen molar-refractivity contribution in [3.05, 3.63) is 58.9 Å².